The van der Waals surface area contributed by atoms with Crippen molar-refractivity contribution in [1.82, 2.24) is 4.57 Å². The van der Waals surface area contributed by atoms with E-state index >= 15 is 0 Å². The third kappa shape index (κ3) is 4.11. The lowest BCUT2D eigenvalue weighted by molar-refractivity contribution is 0.353. The van der Waals surface area contributed by atoms with E-state index in [9.17, 15) is 0 Å². The molecule has 0 saturated heterocycles. The summed E-state index contributed by atoms with van der Waals surface area (Å²) >= 11 is 0. The van der Waals surface area contributed by atoms with E-state index in [1.807, 2.05) is 0 Å². The van der Waals surface area contributed by atoms with Gasteiger partial charge in [-0.2, -0.15) is 0 Å². The maximum atomic E-state index is 2.63. The molecule has 3 aliphatic carbocycles. The molecule has 1 spiro atoms. The molecular weight excluding hydrogens is 627 g/mol. The third-order valence-corrected chi connectivity index (χ3v) is 13.0. The zero-order chi connectivity index (χ0) is 34.6. The van der Waals surface area contributed by atoms with E-state index < -0.39 is 0 Å². The Labute approximate surface area is 306 Å². The summed E-state index contributed by atoms with van der Waals surface area (Å²) in [6.45, 7) is 4.85. The Bertz CT molecular complexity index is 2720. The van der Waals surface area contributed by atoms with Crippen molar-refractivity contribution in [2.45, 2.75) is 56.8 Å². The number of benzene rings is 7. The largest absolute Gasteiger partial charge is 0.309 e. The van der Waals surface area contributed by atoms with Gasteiger partial charge in [0.15, 0.2) is 0 Å². The van der Waals surface area contributed by atoms with Crippen LogP contribution >= 0.6 is 0 Å². The summed E-state index contributed by atoms with van der Waals surface area (Å²) in [5.41, 5.74) is 20.6. The number of aromatic nitrogens is 1. The predicted molar refractivity (Wildman–Crippen MR) is 219 cm³/mol. The summed E-state index contributed by atoms with van der Waals surface area (Å²) < 4.78 is 2.42. The molecule has 0 radical (unpaired) electrons. The van der Waals surface area contributed by atoms with Crippen molar-refractivity contribution in [3.8, 4) is 50.2 Å². The zero-order valence-corrected chi connectivity index (χ0v) is 29.9. The van der Waals surface area contributed by atoms with E-state index in [0.29, 0.717) is 0 Å². The standard InChI is InChI=1S/C51H41N/c1-50(2)44-25-21-35(29-40(44)42-32-47-41(31-46(42)50)38-15-7-9-17-45(38)51(47)27-11-4-12-28-51)36-22-26-49-43(30-36)39-16-8-10-18-48(39)52(49)37-23-19-34(20-24-37)33-13-5-3-6-14-33/h3,5-10,13-26,29-32H,4,11-12,27-28H2,1-2H3. The van der Waals surface area contributed by atoms with Crippen molar-refractivity contribution in [2.75, 3.05) is 0 Å². The minimum atomic E-state index is -0.0527. The highest BCUT2D eigenvalue weighted by atomic mass is 15.0. The lowest BCUT2D eigenvalue weighted by Gasteiger charge is -2.36. The highest BCUT2D eigenvalue weighted by Crippen LogP contribution is 2.60. The number of hydrogen-bond donors (Lipinski definition) is 0. The molecule has 1 nitrogen and oxygen atoms in total. The monoisotopic (exact) mass is 667 g/mol. The highest BCUT2D eigenvalue weighted by Gasteiger charge is 2.46. The van der Waals surface area contributed by atoms with E-state index in [1.54, 1.807) is 11.1 Å². The highest BCUT2D eigenvalue weighted by molar-refractivity contribution is 6.10. The van der Waals surface area contributed by atoms with Crippen molar-refractivity contribution in [3.63, 3.8) is 0 Å². The van der Waals surface area contributed by atoms with Gasteiger partial charge < -0.3 is 4.57 Å². The van der Waals surface area contributed by atoms with E-state index in [1.165, 1.54) is 115 Å². The number of hydrogen-bond acceptors (Lipinski definition) is 0. The van der Waals surface area contributed by atoms with Crippen LogP contribution in [0.1, 0.15) is 68.2 Å². The van der Waals surface area contributed by atoms with Crippen LogP contribution in [0.2, 0.25) is 0 Å². The molecule has 0 N–H and O–H groups in total. The summed E-state index contributed by atoms with van der Waals surface area (Å²) in [6, 6.07) is 57.4. The number of rotatable bonds is 3. The second-order valence-electron chi connectivity index (χ2n) is 16.0. The van der Waals surface area contributed by atoms with Gasteiger partial charge in [-0.05, 0) is 128 Å². The first-order chi connectivity index (χ1) is 25.5. The van der Waals surface area contributed by atoms with Gasteiger partial charge in [0.25, 0.3) is 0 Å². The zero-order valence-electron chi connectivity index (χ0n) is 29.9. The van der Waals surface area contributed by atoms with Crippen LogP contribution in [0, 0.1) is 0 Å². The molecule has 1 aromatic heterocycles. The van der Waals surface area contributed by atoms with Gasteiger partial charge >= 0.3 is 0 Å². The van der Waals surface area contributed by atoms with Crippen LogP contribution in [-0.2, 0) is 10.8 Å². The summed E-state index contributed by atoms with van der Waals surface area (Å²) in [7, 11) is 0. The fourth-order valence-corrected chi connectivity index (χ4v) is 10.4. The smallest absolute Gasteiger partial charge is 0.0541 e. The van der Waals surface area contributed by atoms with Crippen LogP contribution in [0.4, 0.5) is 0 Å². The van der Waals surface area contributed by atoms with Crippen molar-refractivity contribution in [3.05, 3.63) is 174 Å². The Kier molecular flexibility index (Phi) is 6.30. The second kappa shape index (κ2) is 10.9. The summed E-state index contributed by atoms with van der Waals surface area (Å²) in [5.74, 6) is 0. The second-order valence-corrected chi connectivity index (χ2v) is 16.0. The Morgan fingerprint density at radius 3 is 1.87 bits per heavy atom. The molecule has 0 unspecified atom stereocenters. The van der Waals surface area contributed by atoms with Crippen molar-refractivity contribution in [1.29, 1.82) is 0 Å². The average molecular weight is 668 g/mol. The molecule has 0 aliphatic heterocycles. The van der Waals surface area contributed by atoms with Gasteiger partial charge in [0.05, 0.1) is 11.0 Å². The molecule has 11 rings (SSSR count). The molecule has 0 bridgehead atoms. The van der Waals surface area contributed by atoms with E-state index in [-0.39, 0.29) is 10.8 Å². The normalized spacial score (nSPS) is 16.2. The van der Waals surface area contributed by atoms with Crippen LogP contribution in [0.15, 0.2) is 152 Å². The molecule has 3 aliphatic rings. The first-order valence-electron chi connectivity index (χ1n) is 19.1. The van der Waals surface area contributed by atoms with E-state index in [4.69, 9.17) is 0 Å². The predicted octanol–water partition coefficient (Wildman–Crippen LogP) is 13.7. The maximum Gasteiger partial charge on any atom is 0.0541 e. The van der Waals surface area contributed by atoms with Gasteiger partial charge in [0.2, 0.25) is 0 Å². The van der Waals surface area contributed by atoms with Crippen LogP contribution < -0.4 is 0 Å². The fourth-order valence-electron chi connectivity index (χ4n) is 10.4. The third-order valence-electron chi connectivity index (χ3n) is 13.0. The lowest BCUT2D eigenvalue weighted by atomic mass is 9.67. The van der Waals surface area contributed by atoms with Crippen molar-refractivity contribution >= 4 is 21.8 Å². The number of nitrogens with zero attached hydrogens (tertiary/aromatic N) is 1. The van der Waals surface area contributed by atoms with Gasteiger partial charge in [0.1, 0.15) is 0 Å². The van der Waals surface area contributed by atoms with Crippen molar-refractivity contribution < 1.29 is 0 Å². The first-order valence-corrected chi connectivity index (χ1v) is 19.1. The molecular formula is C51H41N. The van der Waals surface area contributed by atoms with Crippen LogP contribution in [0.5, 0.6) is 0 Å². The Balaban J connectivity index is 1.04. The fraction of sp³-hybridized carbons (Fsp3) is 0.176. The molecule has 1 heteroatoms. The summed E-state index contributed by atoms with van der Waals surface area (Å²) in [5, 5.41) is 2.57. The lowest BCUT2D eigenvalue weighted by Crippen LogP contribution is -2.28. The van der Waals surface area contributed by atoms with Gasteiger partial charge in [-0.1, -0.05) is 136 Å². The number of fused-ring (bicyclic) bond motifs is 11. The molecule has 52 heavy (non-hydrogen) atoms. The molecule has 1 fully saturated rings. The van der Waals surface area contributed by atoms with Gasteiger partial charge in [-0.15, -0.1) is 0 Å². The molecule has 7 aromatic carbocycles. The SMILES string of the molecule is CC1(C)c2ccc(-c3ccc4c(c3)c3ccccc3n4-c3ccc(-c4ccccc4)cc3)cc2-c2cc3c(cc21)-c1ccccc1C31CCCCC1. The van der Waals surface area contributed by atoms with Crippen molar-refractivity contribution in [2.24, 2.45) is 0 Å². The topological polar surface area (TPSA) is 4.93 Å². The van der Waals surface area contributed by atoms with Gasteiger partial charge in [-0.25, -0.2) is 0 Å². The summed E-state index contributed by atoms with van der Waals surface area (Å²) in [6.07, 6.45) is 6.50. The minimum absolute atomic E-state index is 0.0527. The van der Waals surface area contributed by atoms with Gasteiger partial charge in [0, 0.05) is 27.3 Å². The Morgan fingerprint density at radius 1 is 0.404 bits per heavy atom. The quantitative estimate of drug-likeness (QED) is 0.177. The molecule has 0 amide bonds. The Hall–Kier alpha value is -5.66. The van der Waals surface area contributed by atoms with Crippen LogP contribution in [0.25, 0.3) is 72.0 Å². The summed E-state index contributed by atoms with van der Waals surface area (Å²) in [4.78, 5) is 0. The molecule has 250 valence electrons. The maximum absolute atomic E-state index is 2.63. The minimum Gasteiger partial charge on any atom is -0.309 e. The van der Waals surface area contributed by atoms with E-state index in [0.717, 1.165) is 0 Å². The molecule has 1 heterocycles. The molecule has 8 aromatic rings. The molecule has 1 saturated carbocycles. The van der Waals surface area contributed by atoms with Gasteiger partial charge in [-0.3, -0.25) is 0 Å². The number of para-hydroxylation sites is 1. The van der Waals surface area contributed by atoms with Crippen LogP contribution in [-0.4, -0.2) is 4.57 Å². The Morgan fingerprint density at radius 2 is 1.02 bits per heavy atom. The van der Waals surface area contributed by atoms with E-state index in [2.05, 4.69) is 170 Å². The molecule has 0 atom stereocenters. The first kappa shape index (κ1) is 30.0. The van der Waals surface area contributed by atoms with Crippen LogP contribution in [0.3, 0.4) is 0 Å². The average Bonchev–Trinajstić information content (AvgIpc) is 3.75.